The number of benzene rings is 1. The molecule has 2 rings (SSSR count). The maximum Gasteiger partial charge on any atom is 0.223 e. The highest BCUT2D eigenvalue weighted by molar-refractivity contribution is 5.93. The minimum Gasteiger partial charge on any atom is -0.352 e. The quantitative estimate of drug-likeness (QED) is 0.888. The van der Waals surface area contributed by atoms with Gasteiger partial charge in [-0.2, -0.15) is 0 Å². The summed E-state index contributed by atoms with van der Waals surface area (Å²) in [4.78, 5) is 29.7. The van der Waals surface area contributed by atoms with E-state index in [0.717, 1.165) is 22.4 Å². The Morgan fingerprint density at radius 1 is 1.12 bits per heavy atom. The Morgan fingerprint density at radius 3 is 2.50 bits per heavy atom. The van der Waals surface area contributed by atoms with E-state index >= 15 is 0 Å². The fourth-order valence-corrected chi connectivity index (χ4v) is 2.48. The Labute approximate surface area is 142 Å². The van der Waals surface area contributed by atoms with Gasteiger partial charge >= 0.3 is 0 Å². The molecule has 0 aliphatic heterocycles. The highest BCUT2D eigenvalue weighted by Gasteiger charge is 2.16. The lowest BCUT2D eigenvalue weighted by Crippen LogP contribution is -2.34. The lowest BCUT2D eigenvalue weighted by atomic mass is 10.1. The molecule has 1 aromatic carbocycles. The maximum absolute atomic E-state index is 12.1. The molecule has 2 aromatic rings. The van der Waals surface area contributed by atoms with Crippen LogP contribution < -0.4 is 10.2 Å². The van der Waals surface area contributed by atoms with E-state index in [4.69, 9.17) is 0 Å². The molecule has 0 radical (unpaired) electrons. The molecule has 24 heavy (non-hydrogen) atoms. The van der Waals surface area contributed by atoms with Crippen LogP contribution in [0.25, 0.3) is 0 Å². The number of rotatable bonds is 6. The first kappa shape index (κ1) is 17.7. The van der Waals surface area contributed by atoms with E-state index < -0.39 is 0 Å². The Bertz CT molecular complexity index is 714. The molecule has 5 heteroatoms. The second-order valence-electron chi connectivity index (χ2n) is 5.77. The molecule has 0 spiro atoms. The predicted molar refractivity (Wildman–Crippen MR) is 94.6 cm³/mol. The van der Waals surface area contributed by atoms with Gasteiger partial charge in [-0.05, 0) is 48.7 Å². The first-order chi connectivity index (χ1) is 11.5. The standard InChI is InChI=1S/C19H23N3O2/c1-14-5-4-6-18(15(14)2)22(16(3)23)12-9-19(24)21-13-17-7-10-20-11-8-17/h4-8,10-11H,9,12-13H2,1-3H3,(H,21,24). The number of amides is 2. The van der Waals surface area contributed by atoms with Crippen LogP contribution in [-0.4, -0.2) is 23.3 Å². The molecule has 126 valence electrons. The molecular formula is C19H23N3O2. The molecule has 0 bridgehead atoms. The monoisotopic (exact) mass is 325 g/mol. The van der Waals surface area contributed by atoms with E-state index in [1.807, 2.05) is 44.2 Å². The molecule has 0 unspecified atom stereocenters. The molecular weight excluding hydrogens is 302 g/mol. The fraction of sp³-hybridized carbons (Fsp3) is 0.316. The largest absolute Gasteiger partial charge is 0.352 e. The summed E-state index contributed by atoms with van der Waals surface area (Å²) >= 11 is 0. The van der Waals surface area contributed by atoms with Gasteiger partial charge in [0.15, 0.2) is 0 Å². The van der Waals surface area contributed by atoms with Crippen molar-refractivity contribution in [2.24, 2.45) is 0 Å². The second-order valence-corrected chi connectivity index (χ2v) is 5.77. The number of pyridine rings is 1. The minimum atomic E-state index is -0.0802. The zero-order chi connectivity index (χ0) is 17.5. The molecule has 0 aliphatic carbocycles. The summed E-state index contributed by atoms with van der Waals surface area (Å²) < 4.78 is 0. The fourth-order valence-electron chi connectivity index (χ4n) is 2.48. The van der Waals surface area contributed by atoms with Crippen LogP contribution in [0.5, 0.6) is 0 Å². The van der Waals surface area contributed by atoms with Gasteiger partial charge in [0.2, 0.25) is 11.8 Å². The summed E-state index contributed by atoms with van der Waals surface area (Å²) in [5.41, 5.74) is 4.05. The number of hydrogen-bond donors (Lipinski definition) is 1. The van der Waals surface area contributed by atoms with Crippen molar-refractivity contribution >= 4 is 17.5 Å². The number of nitrogens with one attached hydrogen (secondary N) is 1. The summed E-state index contributed by atoms with van der Waals surface area (Å²) in [7, 11) is 0. The Morgan fingerprint density at radius 2 is 1.83 bits per heavy atom. The Hall–Kier alpha value is -2.69. The highest BCUT2D eigenvalue weighted by atomic mass is 16.2. The second kappa shape index (κ2) is 8.24. The average molecular weight is 325 g/mol. The predicted octanol–water partition coefficient (Wildman–Crippen LogP) is 2.76. The summed E-state index contributed by atoms with van der Waals surface area (Å²) in [6.07, 6.45) is 3.65. The van der Waals surface area contributed by atoms with Gasteiger partial charge in [-0.1, -0.05) is 12.1 Å². The molecule has 0 fully saturated rings. The summed E-state index contributed by atoms with van der Waals surface area (Å²) in [5.74, 6) is -0.144. The number of nitrogens with zero attached hydrogens (tertiary/aromatic N) is 2. The van der Waals surface area contributed by atoms with Crippen LogP contribution in [0.1, 0.15) is 30.0 Å². The van der Waals surface area contributed by atoms with Crippen molar-refractivity contribution in [3.05, 3.63) is 59.4 Å². The van der Waals surface area contributed by atoms with E-state index in [0.29, 0.717) is 13.1 Å². The summed E-state index contributed by atoms with van der Waals surface area (Å²) in [5, 5.41) is 2.87. The molecule has 0 aliphatic rings. The smallest absolute Gasteiger partial charge is 0.223 e. The molecule has 0 atom stereocenters. The van der Waals surface area contributed by atoms with E-state index in [2.05, 4.69) is 10.3 Å². The molecule has 2 amide bonds. The zero-order valence-electron chi connectivity index (χ0n) is 14.4. The Kier molecular flexibility index (Phi) is 6.07. The number of aryl methyl sites for hydroxylation is 1. The van der Waals surface area contributed by atoms with Gasteiger partial charge in [-0.15, -0.1) is 0 Å². The molecule has 1 N–H and O–H groups in total. The van der Waals surface area contributed by atoms with Gasteiger partial charge in [0.25, 0.3) is 0 Å². The van der Waals surface area contributed by atoms with Crippen molar-refractivity contribution in [2.75, 3.05) is 11.4 Å². The molecule has 1 heterocycles. The normalized spacial score (nSPS) is 10.3. The van der Waals surface area contributed by atoms with Gasteiger partial charge in [-0.3, -0.25) is 14.6 Å². The zero-order valence-corrected chi connectivity index (χ0v) is 14.4. The van der Waals surface area contributed by atoms with E-state index in [-0.39, 0.29) is 18.2 Å². The van der Waals surface area contributed by atoms with Crippen LogP contribution in [0.4, 0.5) is 5.69 Å². The third kappa shape index (κ3) is 4.65. The van der Waals surface area contributed by atoms with Crippen molar-refractivity contribution < 1.29 is 9.59 Å². The van der Waals surface area contributed by atoms with E-state index in [9.17, 15) is 9.59 Å². The van der Waals surface area contributed by atoms with Gasteiger partial charge in [0.05, 0.1) is 0 Å². The van der Waals surface area contributed by atoms with Gasteiger partial charge in [-0.25, -0.2) is 0 Å². The third-order valence-corrected chi connectivity index (χ3v) is 4.05. The third-order valence-electron chi connectivity index (χ3n) is 4.05. The lowest BCUT2D eigenvalue weighted by molar-refractivity contribution is -0.121. The number of aromatic nitrogens is 1. The number of hydrogen-bond acceptors (Lipinski definition) is 3. The SMILES string of the molecule is CC(=O)N(CCC(=O)NCc1ccncc1)c1cccc(C)c1C. The van der Waals surface area contributed by atoms with Crippen LogP contribution >= 0.6 is 0 Å². The van der Waals surface area contributed by atoms with Crippen molar-refractivity contribution in [3.63, 3.8) is 0 Å². The number of carbonyl (C=O) groups excluding carboxylic acids is 2. The molecule has 0 saturated heterocycles. The van der Waals surface area contributed by atoms with Gasteiger partial charge in [0, 0.05) is 44.5 Å². The maximum atomic E-state index is 12.1. The molecule has 5 nitrogen and oxygen atoms in total. The van der Waals surface area contributed by atoms with Crippen LogP contribution in [0.15, 0.2) is 42.7 Å². The van der Waals surface area contributed by atoms with Crippen LogP contribution in [-0.2, 0) is 16.1 Å². The first-order valence-corrected chi connectivity index (χ1v) is 7.99. The van der Waals surface area contributed by atoms with Crippen molar-refractivity contribution in [1.29, 1.82) is 0 Å². The molecule has 0 saturated carbocycles. The average Bonchev–Trinajstić information content (AvgIpc) is 2.57. The van der Waals surface area contributed by atoms with Crippen LogP contribution in [0.3, 0.4) is 0 Å². The van der Waals surface area contributed by atoms with Crippen LogP contribution in [0, 0.1) is 13.8 Å². The summed E-state index contributed by atoms with van der Waals surface area (Å²) in [6.45, 7) is 6.35. The van der Waals surface area contributed by atoms with Crippen LogP contribution in [0.2, 0.25) is 0 Å². The highest BCUT2D eigenvalue weighted by Crippen LogP contribution is 2.23. The first-order valence-electron chi connectivity index (χ1n) is 7.99. The molecule has 1 aromatic heterocycles. The van der Waals surface area contributed by atoms with Gasteiger partial charge in [0.1, 0.15) is 0 Å². The Balaban J connectivity index is 1.95. The minimum absolute atomic E-state index is 0.0642. The van der Waals surface area contributed by atoms with Crippen molar-refractivity contribution in [2.45, 2.75) is 33.7 Å². The van der Waals surface area contributed by atoms with Crippen molar-refractivity contribution in [3.8, 4) is 0 Å². The number of carbonyl (C=O) groups is 2. The number of anilines is 1. The van der Waals surface area contributed by atoms with E-state index in [1.54, 1.807) is 17.3 Å². The van der Waals surface area contributed by atoms with Crippen molar-refractivity contribution in [1.82, 2.24) is 10.3 Å². The van der Waals surface area contributed by atoms with Gasteiger partial charge < -0.3 is 10.2 Å². The lowest BCUT2D eigenvalue weighted by Gasteiger charge is -2.23. The summed E-state index contributed by atoms with van der Waals surface area (Å²) in [6, 6.07) is 9.57. The van der Waals surface area contributed by atoms with E-state index in [1.165, 1.54) is 6.92 Å². The topological polar surface area (TPSA) is 62.3 Å².